The van der Waals surface area contributed by atoms with E-state index < -0.39 is 23.4 Å². The minimum Gasteiger partial charge on any atom is -0.386 e. The van der Waals surface area contributed by atoms with Gasteiger partial charge in [0, 0.05) is 24.2 Å². The highest BCUT2D eigenvalue weighted by Crippen LogP contribution is 2.38. The van der Waals surface area contributed by atoms with Crippen molar-refractivity contribution in [3.8, 4) is 0 Å². The smallest absolute Gasteiger partial charge is 0.386 e. The first-order valence-corrected chi connectivity index (χ1v) is 11.4. The summed E-state index contributed by atoms with van der Waals surface area (Å²) in [7, 11) is 1.92. The Bertz CT molecular complexity index is 1220. The number of nitrogens with zero attached hydrogens (tertiary/aromatic N) is 3. The number of hydrogen-bond donors (Lipinski definition) is 2. The van der Waals surface area contributed by atoms with Crippen molar-refractivity contribution in [1.29, 1.82) is 0 Å². The molecule has 9 heteroatoms. The molecule has 2 aromatic heterocycles. The van der Waals surface area contributed by atoms with Crippen LogP contribution in [0.5, 0.6) is 0 Å². The first-order chi connectivity index (χ1) is 15.8. The van der Waals surface area contributed by atoms with Crippen molar-refractivity contribution >= 4 is 22.6 Å². The number of rotatable bonds is 4. The first-order valence-electron chi connectivity index (χ1n) is 11.4. The fourth-order valence-corrected chi connectivity index (χ4v) is 4.66. The van der Waals surface area contributed by atoms with E-state index in [1.165, 1.54) is 6.07 Å². The van der Waals surface area contributed by atoms with Crippen LogP contribution in [0.15, 0.2) is 30.3 Å². The number of anilines is 1. The summed E-state index contributed by atoms with van der Waals surface area (Å²) in [5, 5.41) is 13.4. The molecule has 1 saturated carbocycles. The molecule has 34 heavy (non-hydrogen) atoms. The average Bonchev–Trinajstić information content (AvgIpc) is 3.08. The lowest BCUT2D eigenvalue weighted by Gasteiger charge is -2.25. The summed E-state index contributed by atoms with van der Waals surface area (Å²) in [5.41, 5.74) is -0.638. The summed E-state index contributed by atoms with van der Waals surface area (Å²) in [6, 6.07) is 6.63. The van der Waals surface area contributed by atoms with Crippen LogP contribution in [0.3, 0.4) is 0 Å². The van der Waals surface area contributed by atoms with Crippen LogP contribution in [-0.2, 0) is 18.8 Å². The Kier molecular flexibility index (Phi) is 6.18. The summed E-state index contributed by atoms with van der Waals surface area (Å²) >= 11 is 0. The van der Waals surface area contributed by atoms with Gasteiger partial charge in [0.05, 0.1) is 16.6 Å². The third kappa shape index (κ3) is 4.80. The molecule has 0 atom stereocenters. The van der Waals surface area contributed by atoms with Gasteiger partial charge in [-0.2, -0.15) is 13.2 Å². The fraction of sp³-hybridized carbons (Fsp3) is 0.480. The second-order valence-electron chi connectivity index (χ2n) is 9.79. The van der Waals surface area contributed by atoms with E-state index in [0.717, 1.165) is 49.2 Å². The highest BCUT2D eigenvalue weighted by molar-refractivity contribution is 6.04. The number of nitrogens with one attached hydrogen (secondary N) is 1. The Balaban J connectivity index is 1.73. The minimum atomic E-state index is -4.66. The van der Waals surface area contributed by atoms with Gasteiger partial charge in [-0.3, -0.25) is 4.79 Å². The number of carbonyl (C=O) groups excluding carboxylic acids is 1. The van der Waals surface area contributed by atoms with Crippen molar-refractivity contribution in [2.45, 2.75) is 64.1 Å². The van der Waals surface area contributed by atoms with E-state index in [2.05, 4.69) is 17.2 Å². The zero-order valence-electron chi connectivity index (χ0n) is 19.7. The van der Waals surface area contributed by atoms with Crippen LogP contribution >= 0.6 is 0 Å². The van der Waals surface area contributed by atoms with Gasteiger partial charge in [0.1, 0.15) is 17.2 Å². The van der Waals surface area contributed by atoms with Crippen molar-refractivity contribution in [2.24, 2.45) is 13.0 Å². The van der Waals surface area contributed by atoms with E-state index in [1.54, 1.807) is 26.0 Å². The fourth-order valence-electron chi connectivity index (χ4n) is 4.66. The molecule has 0 bridgehead atoms. The van der Waals surface area contributed by atoms with Crippen LogP contribution in [0.4, 0.5) is 18.9 Å². The maximum Gasteiger partial charge on any atom is 0.433 e. The molecule has 1 aliphatic rings. The molecule has 1 aliphatic carbocycles. The maximum absolute atomic E-state index is 13.0. The summed E-state index contributed by atoms with van der Waals surface area (Å²) in [4.78, 5) is 21.2. The number of aliphatic hydroxyl groups is 1. The van der Waals surface area contributed by atoms with Crippen molar-refractivity contribution in [2.75, 3.05) is 5.32 Å². The predicted molar refractivity (Wildman–Crippen MR) is 124 cm³/mol. The van der Waals surface area contributed by atoms with Crippen LogP contribution in [-0.4, -0.2) is 25.5 Å². The predicted octanol–water partition coefficient (Wildman–Crippen LogP) is 5.76. The van der Waals surface area contributed by atoms with Crippen LogP contribution in [0, 0.1) is 5.92 Å². The van der Waals surface area contributed by atoms with E-state index in [-0.39, 0.29) is 5.69 Å². The minimum absolute atomic E-state index is 0.302. The van der Waals surface area contributed by atoms with Crippen LogP contribution in [0.1, 0.15) is 79.9 Å². The van der Waals surface area contributed by atoms with E-state index >= 15 is 0 Å². The molecule has 0 unspecified atom stereocenters. The topological polar surface area (TPSA) is 80.0 Å². The van der Waals surface area contributed by atoms with E-state index in [4.69, 9.17) is 4.98 Å². The lowest BCUT2D eigenvalue weighted by Crippen LogP contribution is -2.22. The molecule has 0 spiro atoms. The van der Waals surface area contributed by atoms with Gasteiger partial charge in [-0.25, -0.2) is 9.97 Å². The molecule has 4 rings (SSSR count). The number of hydrogen-bond acceptors (Lipinski definition) is 4. The maximum atomic E-state index is 13.0. The van der Waals surface area contributed by atoms with Gasteiger partial charge in [-0.1, -0.05) is 25.8 Å². The number of benzene rings is 1. The number of amides is 1. The number of halogens is 3. The quantitative estimate of drug-likeness (QED) is 0.504. The lowest BCUT2D eigenvalue weighted by molar-refractivity contribution is -0.141. The third-order valence-corrected chi connectivity index (χ3v) is 6.62. The SMILES string of the molecule is CC1CCC(c2nc3cc(C(C)(C)O)c(NC(=O)c4cccc(C(F)(F)F)n4)cc3n2C)CC1. The van der Waals surface area contributed by atoms with E-state index in [1.807, 2.05) is 11.6 Å². The van der Waals surface area contributed by atoms with Crippen molar-refractivity contribution in [3.05, 3.63) is 53.1 Å². The standard InChI is InChI=1S/C25H29F3N4O2/c1-14-8-10-15(11-9-14)22-30-19-12-16(24(2,3)34)18(13-20(19)32(22)4)31-23(33)17-6-5-7-21(29-17)25(26,27)28/h5-7,12-15,34H,8-11H2,1-4H3,(H,31,33). The summed E-state index contributed by atoms with van der Waals surface area (Å²) < 4.78 is 41.1. The molecule has 0 saturated heterocycles. The van der Waals surface area contributed by atoms with Crippen molar-refractivity contribution in [1.82, 2.24) is 14.5 Å². The number of aromatic nitrogens is 3. The normalized spacial score (nSPS) is 19.4. The molecular formula is C25H29F3N4O2. The molecule has 1 fully saturated rings. The number of aryl methyl sites for hydroxylation is 1. The van der Waals surface area contributed by atoms with Gasteiger partial charge in [0.15, 0.2) is 0 Å². The summed E-state index contributed by atoms with van der Waals surface area (Å²) in [6.07, 6.45) is -0.249. The van der Waals surface area contributed by atoms with Gasteiger partial charge in [0.25, 0.3) is 5.91 Å². The van der Waals surface area contributed by atoms with Crippen molar-refractivity contribution < 1.29 is 23.1 Å². The molecule has 6 nitrogen and oxygen atoms in total. The molecule has 1 amide bonds. The Morgan fingerprint density at radius 2 is 1.79 bits per heavy atom. The molecule has 1 aromatic carbocycles. The monoisotopic (exact) mass is 474 g/mol. The second-order valence-corrected chi connectivity index (χ2v) is 9.79. The van der Waals surface area contributed by atoms with Crippen LogP contribution < -0.4 is 5.32 Å². The summed E-state index contributed by atoms with van der Waals surface area (Å²) in [5.74, 6) is 1.22. The largest absolute Gasteiger partial charge is 0.433 e. The zero-order chi connectivity index (χ0) is 24.8. The Labute approximate surface area is 196 Å². The number of fused-ring (bicyclic) bond motifs is 1. The second kappa shape index (κ2) is 8.69. The molecule has 3 aromatic rings. The first kappa shape index (κ1) is 24.2. The average molecular weight is 475 g/mol. The molecular weight excluding hydrogens is 445 g/mol. The van der Waals surface area contributed by atoms with E-state index in [9.17, 15) is 23.1 Å². The molecule has 2 N–H and O–H groups in total. The number of imidazole rings is 1. The van der Waals surface area contributed by atoms with Gasteiger partial charge in [-0.15, -0.1) is 0 Å². The molecule has 182 valence electrons. The molecule has 0 radical (unpaired) electrons. The lowest BCUT2D eigenvalue weighted by atomic mass is 9.82. The summed E-state index contributed by atoms with van der Waals surface area (Å²) in [6.45, 7) is 5.42. The van der Waals surface area contributed by atoms with Gasteiger partial charge < -0.3 is 15.0 Å². The highest BCUT2D eigenvalue weighted by atomic mass is 19.4. The third-order valence-electron chi connectivity index (χ3n) is 6.62. The molecule has 0 aliphatic heterocycles. The molecule has 2 heterocycles. The van der Waals surface area contributed by atoms with Gasteiger partial charge >= 0.3 is 6.18 Å². The number of alkyl halides is 3. The Morgan fingerprint density at radius 1 is 1.12 bits per heavy atom. The van der Waals surface area contributed by atoms with Crippen molar-refractivity contribution in [3.63, 3.8) is 0 Å². The zero-order valence-corrected chi connectivity index (χ0v) is 19.7. The Hall–Kier alpha value is -2.94. The number of pyridine rings is 1. The van der Waals surface area contributed by atoms with Gasteiger partial charge in [0.2, 0.25) is 0 Å². The Morgan fingerprint density at radius 3 is 2.41 bits per heavy atom. The van der Waals surface area contributed by atoms with Crippen LogP contribution in [0.25, 0.3) is 11.0 Å². The number of carbonyl (C=O) groups is 1. The van der Waals surface area contributed by atoms with Crippen LogP contribution in [0.2, 0.25) is 0 Å². The van der Waals surface area contributed by atoms with E-state index in [0.29, 0.717) is 28.6 Å². The highest BCUT2D eigenvalue weighted by Gasteiger charge is 2.33. The van der Waals surface area contributed by atoms with Gasteiger partial charge in [-0.05, 0) is 56.9 Å².